The Morgan fingerprint density at radius 3 is 3.05 bits per heavy atom. The van der Waals surface area contributed by atoms with E-state index in [0.29, 0.717) is 19.6 Å². The largest absolute Gasteiger partial charge is 0.497 e. The zero-order valence-electron chi connectivity index (χ0n) is 12.6. The van der Waals surface area contributed by atoms with Crippen LogP contribution in [0, 0.1) is 0 Å². The van der Waals surface area contributed by atoms with Crippen LogP contribution < -0.4 is 10.1 Å². The Kier molecular flexibility index (Phi) is 5.36. The second kappa shape index (κ2) is 7.24. The number of carbonyl (C=O) groups excluding carboxylic acids is 1. The first kappa shape index (κ1) is 15.5. The number of nitrogens with zero attached hydrogens (tertiary/aromatic N) is 1. The summed E-state index contributed by atoms with van der Waals surface area (Å²) in [5.41, 5.74) is 2.26. The predicted octanol–water partition coefficient (Wildman–Crippen LogP) is 2.02. The second-order valence-electron chi connectivity index (χ2n) is 4.98. The third-order valence-corrected chi connectivity index (χ3v) is 3.67. The van der Waals surface area contributed by atoms with Crippen molar-refractivity contribution >= 4 is 5.91 Å². The van der Waals surface area contributed by atoms with E-state index >= 15 is 0 Å². The fraction of sp³-hybridized carbons (Fsp3) is 0.438. The average Bonchev–Trinajstić information content (AvgIpc) is 2.54. The van der Waals surface area contributed by atoms with Gasteiger partial charge in [-0.15, -0.1) is 6.58 Å². The first-order valence-corrected chi connectivity index (χ1v) is 7.07. The minimum absolute atomic E-state index is 0.0387. The molecule has 0 spiro atoms. The van der Waals surface area contributed by atoms with Crippen LogP contribution in [0.15, 0.2) is 30.9 Å². The molecule has 1 aromatic rings. The Morgan fingerprint density at radius 2 is 2.38 bits per heavy atom. The van der Waals surface area contributed by atoms with E-state index in [9.17, 15) is 4.79 Å². The Labute approximate surface area is 125 Å². The van der Waals surface area contributed by atoms with E-state index in [2.05, 4.69) is 11.9 Å². The number of allylic oxidation sites excluding steroid dienone is 1. The molecular formula is C16H22N2O3. The third kappa shape index (κ3) is 3.62. The molecule has 0 bridgehead atoms. The number of likely N-dealkylation sites (N-methyl/N-ethyl adjacent to an activating group) is 1. The molecule has 1 aliphatic rings. The molecule has 0 aromatic heterocycles. The van der Waals surface area contributed by atoms with Gasteiger partial charge >= 0.3 is 0 Å². The van der Waals surface area contributed by atoms with Crippen LogP contribution in [0.5, 0.6) is 5.75 Å². The lowest BCUT2D eigenvalue weighted by Gasteiger charge is -2.33. The molecule has 1 heterocycles. The Morgan fingerprint density at radius 1 is 1.57 bits per heavy atom. The van der Waals surface area contributed by atoms with Crippen molar-refractivity contribution in [3.8, 4) is 5.75 Å². The van der Waals surface area contributed by atoms with Crippen LogP contribution in [0.2, 0.25) is 0 Å². The Balaban J connectivity index is 2.16. The summed E-state index contributed by atoms with van der Waals surface area (Å²) in [6, 6.07) is 5.61. The highest BCUT2D eigenvalue weighted by atomic mass is 16.7. The summed E-state index contributed by atoms with van der Waals surface area (Å²) in [4.78, 5) is 17.8. The average molecular weight is 290 g/mol. The van der Waals surface area contributed by atoms with Crippen molar-refractivity contribution in [3.05, 3.63) is 42.0 Å². The maximum absolute atomic E-state index is 12.1. The van der Waals surface area contributed by atoms with E-state index in [1.807, 2.05) is 24.3 Å². The van der Waals surface area contributed by atoms with Gasteiger partial charge < -0.3 is 10.1 Å². The summed E-state index contributed by atoms with van der Waals surface area (Å²) in [5, 5.41) is 4.45. The molecule has 1 unspecified atom stereocenters. The molecule has 1 amide bonds. The van der Waals surface area contributed by atoms with Crippen molar-refractivity contribution in [2.45, 2.75) is 32.0 Å². The SMILES string of the molecule is C=CCCC(C(=O)NC)N1Cc2cc(OC)ccc2CO1. The van der Waals surface area contributed by atoms with Gasteiger partial charge in [-0.2, -0.15) is 5.06 Å². The van der Waals surface area contributed by atoms with Gasteiger partial charge in [0.1, 0.15) is 11.8 Å². The molecule has 0 saturated heterocycles. The van der Waals surface area contributed by atoms with Crippen molar-refractivity contribution in [2.75, 3.05) is 14.2 Å². The van der Waals surface area contributed by atoms with E-state index < -0.39 is 0 Å². The molecule has 0 aliphatic carbocycles. The number of hydroxylamine groups is 2. The highest BCUT2D eigenvalue weighted by molar-refractivity contribution is 5.81. The van der Waals surface area contributed by atoms with Crippen molar-refractivity contribution < 1.29 is 14.4 Å². The van der Waals surface area contributed by atoms with Gasteiger partial charge in [-0.3, -0.25) is 9.63 Å². The summed E-state index contributed by atoms with van der Waals surface area (Å²) >= 11 is 0. The molecule has 21 heavy (non-hydrogen) atoms. The Bertz CT molecular complexity index is 516. The molecule has 0 radical (unpaired) electrons. The van der Waals surface area contributed by atoms with E-state index in [4.69, 9.17) is 9.57 Å². The maximum Gasteiger partial charge on any atom is 0.239 e. The first-order chi connectivity index (χ1) is 10.2. The standard InChI is InChI=1S/C16H22N2O3/c1-4-5-6-15(16(19)17-2)18-10-13-9-14(20-3)8-7-12(13)11-21-18/h4,7-9,15H,1,5-6,10-11H2,2-3H3,(H,17,19). The third-order valence-electron chi connectivity index (χ3n) is 3.67. The number of benzene rings is 1. The van der Waals surface area contributed by atoms with Crippen LogP contribution >= 0.6 is 0 Å². The summed E-state index contributed by atoms with van der Waals surface area (Å²) in [6.45, 7) is 4.76. The van der Waals surface area contributed by atoms with Crippen LogP contribution in [-0.4, -0.2) is 31.2 Å². The number of hydrogen-bond acceptors (Lipinski definition) is 4. The quantitative estimate of drug-likeness (QED) is 0.814. The Hall–Kier alpha value is -1.85. The molecule has 0 saturated carbocycles. The van der Waals surface area contributed by atoms with Gasteiger partial charge in [0, 0.05) is 7.05 Å². The predicted molar refractivity (Wildman–Crippen MR) is 80.6 cm³/mol. The second-order valence-corrected chi connectivity index (χ2v) is 4.98. The van der Waals surface area contributed by atoms with E-state index in [-0.39, 0.29) is 11.9 Å². The normalized spacial score (nSPS) is 15.9. The van der Waals surface area contributed by atoms with Crippen LogP contribution in [0.3, 0.4) is 0 Å². The molecular weight excluding hydrogens is 268 g/mol. The number of methoxy groups -OCH3 is 1. The molecule has 114 valence electrons. The van der Waals surface area contributed by atoms with E-state index in [1.54, 1.807) is 19.2 Å². The fourth-order valence-corrected chi connectivity index (χ4v) is 2.43. The van der Waals surface area contributed by atoms with Gasteiger partial charge in [0.25, 0.3) is 0 Å². The zero-order chi connectivity index (χ0) is 15.2. The number of nitrogens with one attached hydrogen (secondary N) is 1. The fourth-order valence-electron chi connectivity index (χ4n) is 2.43. The highest BCUT2D eigenvalue weighted by Crippen LogP contribution is 2.26. The number of hydrogen-bond donors (Lipinski definition) is 1. The first-order valence-electron chi connectivity index (χ1n) is 7.07. The maximum atomic E-state index is 12.1. The molecule has 1 atom stereocenters. The van der Waals surface area contributed by atoms with Crippen LogP contribution in [0.25, 0.3) is 0 Å². The number of rotatable bonds is 6. The van der Waals surface area contributed by atoms with Gasteiger partial charge in [0.15, 0.2) is 0 Å². The topological polar surface area (TPSA) is 50.8 Å². The van der Waals surface area contributed by atoms with E-state index in [0.717, 1.165) is 23.3 Å². The highest BCUT2D eigenvalue weighted by Gasteiger charge is 2.29. The van der Waals surface area contributed by atoms with Gasteiger partial charge in [-0.1, -0.05) is 12.1 Å². The summed E-state index contributed by atoms with van der Waals surface area (Å²) in [5.74, 6) is 0.779. The molecule has 0 fully saturated rings. The van der Waals surface area contributed by atoms with Gasteiger partial charge in [0.05, 0.1) is 20.3 Å². The lowest BCUT2D eigenvalue weighted by Crippen LogP contribution is -2.46. The number of ether oxygens (including phenoxy) is 1. The van der Waals surface area contributed by atoms with Crippen LogP contribution in [0.4, 0.5) is 0 Å². The molecule has 5 heteroatoms. The number of carbonyl (C=O) groups is 1. The van der Waals surface area contributed by atoms with Crippen molar-refractivity contribution in [3.63, 3.8) is 0 Å². The van der Waals surface area contributed by atoms with Crippen molar-refractivity contribution in [1.29, 1.82) is 0 Å². The van der Waals surface area contributed by atoms with Gasteiger partial charge in [0.2, 0.25) is 5.91 Å². The summed E-state index contributed by atoms with van der Waals surface area (Å²) in [7, 11) is 3.29. The van der Waals surface area contributed by atoms with Crippen LogP contribution in [0.1, 0.15) is 24.0 Å². The molecule has 2 rings (SSSR count). The monoisotopic (exact) mass is 290 g/mol. The summed E-state index contributed by atoms with van der Waals surface area (Å²) in [6.07, 6.45) is 3.27. The minimum atomic E-state index is -0.313. The zero-order valence-corrected chi connectivity index (χ0v) is 12.6. The smallest absolute Gasteiger partial charge is 0.239 e. The number of fused-ring (bicyclic) bond motifs is 1. The van der Waals surface area contributed by atoms with E-state index in [1.165, 1.54) is 0 Å². The molecule has 1 aliphatic heterocycles. The van der Waals surface area contributed by atoms with Gasteiger partial charge in [-0.05, 0) is 36.1 Å². The summed E-state index contributed by atoms with van der Waals surface area (Å²) < 4.78 is 5.26. The van der Waals surface area contributed by atoms with Crippen molar-refractivity contribution in [1.82, 2.24) is 10.4 Å². The number of amides is 1. The minimum Gasteiger partial charge on any atom is -0.497 e. The van der Waals surface area contributed by atoms with Crippen LogP contribution in [-0.2, 0) is 22.8 Å². The lowest BCUT2D eigenvalue weighted by molar-refractivity contribution is -0.214. The van der Waals surface area contributed by atoms with Crippen molar-refractivity contribution in [2.24, 2.45) is 0 Å². The lowest BCUT2D eigenvalue weighted by atomic mass is 10.0. The molecule has 1 aromatic carbocycles. The van der Waals surface area contributed by atoms with Gasteiger partial charge in [-0.25, -0.2) is 0 Å². The molecule has 5 nitrogen and oxygen atoms in total. The molecule has 1 N–H and O–H groups in total.